The predicted octanol–water partition coefficient (Wildman–Crippen LogP) is 4.42. The summed E-state index contributed by atoms with van der Waals surface area (Å²) in [5.41, 5.74) is 2.67. The van der Waals surface area contributed by atoms with Gasteiger partial charge in [-0.25, -0.2) is 4.98 Å². The first-order valence-corrected chi connectivity index (χ1v) is 10.0. The van der Waals surface area contributed by atoms with Gasteiger partial charge in [0.15, 0.2) is 5.96 Å². The molecule has 0 bridgehead atoms. The fourth-order valence-electron chi connectivity index (χ4n) is 2.95. The fraction of sp³-hybridized carbons (Fsp3) is 0.474. The number of hydrogen-bond acceptors (Lipinski definition) is 3. The van der Waals surface area contributed by atoms with Gasteiger partial charge in [-0.2, -0.15) is 0 Å². The van der Waals surface area contributed by atoms with E-state index in [2.05, 4.69) is 45.0 Å². The van der Waals surface area contributed by atoms with Gasteiger partial charge in [0.05, 0.1) is 10.7 Å². The number of hydrogen-bond donors (Lipinski definition) is 2. The number of halogens is 2. The topological polar surface area (TPSA) is 49.3 Å². The van der Waals surface area contributed by atoms with Crippen LogP contribution in [0.25, 0.3) is 0 Å². The maximum absolute atomic E-state index is 6.15. The Hall–Kier alpha value is -0.860. The average molecular weight is 505 g/mol. The molecule has 7 heteroatoms. The van der Waals surface area contributed by atoms with Crippen molar-refractivity contribution in [1.82, 2.24) is 15.6 Å². The first-order valence-electron chi connectivity index (χ1n) is 8.79. The van der Waals surface area contributed by atoms with Crippen LogP contribution in [0.1, 0.15) is 36.0 Å². The summed E-state index contributed by atoms with van der Waals surface area (Å²) in [5.74, 6) is 0.847. The number of aromatic nitrogens is 1. The SMILES string of the molecule is CCc1nc(CCNC(=NC)NCC2(c3cccc(Cl)c3)CC2)cs1.I. The Kier molecular flexibility index (Phi) is 8.16. The van der Waals surface area contributed by atoms with Crippen molar-refractivity contribution in [2.75, 3.05) is 20.1 Å². The zero-order valence-electron chi connectivity index (χ0n) is 15.2. The summed E-state index contributed by atoms with van der Waals surface area (Å²) >= 11 is 7.89. The lowest BCUT2D eigenvalue weighted by atomic mass is 9.96. The molecule has 0 atom stereocenters. The fourth-order valence-corrected chi connectivity index (χ4v) is 3.91. The molecule has 1 aliphatic rings. The Balaban J connectivity index is 0.00000243. The third-order valence-corrected chi connectivity index (χ3v) is 5.96. The van der Waals surface area contributed by atoms with Crippen LogP contribution in [0.15, 0.2) is 34.6 Å². The maximum atomic E-state index is 6.15. The summed E-state index contributed by atoms with van der Waals surface area (Å²) in [7, 11) is 1.81. The van der Waals surface area contributed by atoms with Crippen molar-refractivity contribution < 1.29 is 0 Å². The van der Waals surface area contributed by atoms with E-state index in [1.165, 1.54) is 23.4 Å². The molecule has 0 saturated heterocycles. The summed E-state index contributed by atoms with van der Waals surface area (Å²) in [6.07, 6.45) is 4.30. The van der Waals surface area contributed by atoms with E-state index in [9.17, 15) is 0 Å². The number of thiazole rings is 1. The Labute approximate surface area is 181 Å². The van der Waals surface area contributed by atoms with Crippen molar-refractivity contribution >= 4 is 52.9 Å². The van der Waals surface area contributed by atoms with Crippen LogP contribution >= 0.6 is 46.9 Å². The average Bonchev–Trinajstić information content (AvgIpc) is 3.28. The molecular weight excluding hydrogens is 479 g/mol. The van der Waals surface area contributed by atoms with Gasteiger partial charge in [0.25, 0.3) is 0 Å². The number of guanidine groups is 1. The summed E-state index contributed by atoms with van der Waals surface area (Å²) in [6, 6.07) is 8.21. The highest BCUT2D eigenvalue weighted by atomic mass is 127. The quantitative estimate of drug-likeness (QED) is 0.333. The molecule has 1 aromatic heterocycles. The van der Waals surface area contributed by atoms with Crippen LogP contribution in [-0.4, -0.2) is 31.1 Å². The third kappa shape index (κ3) is 5.57. The molecule has 26 heavy (non-hydrogen) atoms. The van der Waals surface area contributed by atoms with Crippen molar-refractivity contribution in [2.24, 2.45) is 4.99 Å². The number of aliphatic imine (C=N–C) groups is 1. The molecule has 4 nitrogen and oxygen atoms in total. The predicted molar refractivity (Wildman–Crippen MR) is 122 cm³/mol. The van der Waals surface area contributed by atoms with E-state index >= 15 is 0 Å². The molecule has 0 amide bonds. The highest BCUT2D eigenvalue weighted by Gasteiger charge is 2.44. The molecule has 0 radical (unpaired) electrons. The van der Waals surface area contributed by atoms with Crippen molar-refractivity contribution in [3.05, 3.63) is 50.9 Å². The summed E-state index contributed by atoms with van der Waals surface area (Å²) in [6.45, 7) is 3.85. The summed E-state index contributed by atoms with van der Waals surface area (Å²) in [5, 5.41) is 11.0. The second-order valence-electron chi connectivity index (χ2n) is 6.48. The van der Waals surface area contributed by atoms with Crippen LogP contribution in [0.5, 0.6) is 0 Å². The molecule has 1 saturated carbocycles. The molecule has 1 aliphatic carbocycles. The number of nitrogens with zero attached hydrogens (tertiary/aromatic N) is 2. The maximum Gasteiger partial charge on any atom is 0.191 e. The second-order valence-corrected chi connectivity index (χ2v) is 7.86. The van der Waals surface area contributed by atoms with E-state index in [4.69, 9.17) is 11.6 Å². The number of rotatable bonds is 7. The second kappa shape index (κ2) is 9.90. The molecule has 0 aliphatic heterocycles. The largest absolute Gasteiger partial charge is 0.356 e. The van der Waals surface area contributed by atoms with Crippen LogP contribution < -0.4 is 10.6 Å². The molecule has 142 valence electrons. The van der Waals surface area contributed by atoms with Gasteiger partial charge in [0.1, 0.15) is 0 Å². The van der Waals surface area contributed by atoms with Crippen LogP contribution in [0.4, 0.5) is 0 Å². The Morgan fingerprint density at radius 2 is 2.15 bits per heavy atom. The van der Waals surface area contributed by atoms with Crippen LogP contribution in [0, 0.1) is 0 Å². The zero-order valence-corrected chi connectivity index (χ0v) is 19.1. The lowest BCUT2D eigenvalue weighted by Gasteiger charge is -2.19. The van der Waals surface area contributed by atoms with Crippen molar-refractivity contribution in [1.29, 1.82) is 0 Å². The highest BCUT2D eigenvalue weighted by molar-refractivity contribution is 14.0. The Bertz CT molecular complexity index is 743. The van der Waals surface area contributed by atoms with E-state index in [1.54, 1.807) is 11.3 Å². The van der Waals surface area contributed by atoms with Gasteiger partial charge in [-0.05, 0) is 37.0 Å². The number of benzene rings is 1. The van der Waals surface area contributed by atoms with E-state index in [0.29, 0.717) is 0 Å². The Morgan fingerprint density at radius 1 is 1.35 bits per heavy atom. The standard InChI is InChI=1S/C19H25ClN4S.HI/c1-3-17-24-16(12-25-17)7-10-22-18(21-2)23-13-19(8-9-19)14-5-4-6-15(20)11-14;/h4-6,11-12H,3,7-10,13H2,1-2H3,(H2,21,22,23);1H. The van der Waals surface area contributed by atoms with Gasteiger partial charge in [-0.1, -0.05) is 30.7 Å². The smallest absolute Gasteiger partial charge is 0.191 e. The van der Waals surface area contributed by atoms with E-state index in [-0.39, 0.29) is 29.4 Å². The highest BCUT2D eigenvalue weighted by Crippen LogP contribution is 2.48. The van der Waals surface area contributed by atoms with Gasteiger partial charge >= 0.3 is 0 Å². The molecule has 3 rings (SSSR count). The lowest BCUT2D eigenvalue weighted by Crippen LogP contribution is -2.42. The van der Waals surface area contributed by atoms with Crippen molar-refractivity contribution in [2.45, 2.75) is 38.0 Å². The van der Waals surface area contributed by atoms with E-state index < -0.39 is 0 Å². The molecule has 1 heterocycles. The third-order valence-electron chi connectivity index (χ3n) is 4.68. The van der Waals surface area contributed by atoms with Crippen LogP contribution in [0.3, 0.4) is 0 Å². The van der Waals surface area contributed by atoms with Crippen LogP contribution in [-0.2, 0) is 18.3 Å². The molecule has 2 aromatic rings. The van der Waals surface area contributed by atoms with Crippen molar-refractivity contribution in [3.63, 3.8) is 0 Å². The zero-order chi connectivity index (χ0) is 17.7. The minimum atomic E-state index is 0. The summed E-state index contributed by atoms with van der Waals surface area (Å²) in [4.78, 5) is 8.93. The first-order chi connectivity index (χ1) is 12.1. The van der Waals surface area contributed by atoms with Gasteiger partial charge < -0.3 is 10.6 Å². The van der Waals surface area contributed by atoms with Gasteiger partial charge in [0, 0.05) is 42.4 Å². The minimum Gasteiger partial charge on any atom is -0.356 e. The van der Waals surface area contributed by atoms with Gasteiger partial charge in [0.2, 0.25) is 0 Å². The first kappa shape index (κ1) is 21.4. The molecule has 2 N–H and O–H groups in total. The number of aryl methyl sites for hydroxylation is 1. The normalized spacial score (nSPS) is 15.3. The van der Waals surface area contributed by atoms with E-state index in [0.717, 1.165) is 42.6 Å². The molecular formula is C19H26ClIN4S. The molecule has 0 unspecified atom stereocenters. The molecule has 0 spiro atoms. The van der Waals surface area contributed by atoms with E-state index in [1.807, 2.05) is 19.2 Å². The monoisotopic (exact) mass is 504 g/mol. The van der Waals surface area contributed by atoms with Crippen molar-refractivity contribution in [3.8, 4) is 0 Å². The summed E-state index contributed by atoms with van der Waals surface area (Å²) < 4.78 is 0. The van der Waals surface area contributed by atoms with Gasteiger partial charge in [-0.3, -0.25) is 4.99 Å². The lowest BCUT2D eigenvalue weighted by molar-refractivity contribution is 0.645. The minimum absolute atomic E-state index is 0. The number of nitrogens with one attached hydrogen (secondary N) is 2. The molecule has 1 fully saturated rings. The van der Waals surface area contributed by atoms with Crippen LogP contribution in [0.2, 0.25) is 5.02 Å². The Morgan fingerprint density at radius 3 is 2.77 bits per heavy atom. The molecule has 1 aromatic carbocycles. The van der Waals surface area contributed by atoms with Gasteiger partial charge in [-0.15, -0.1) is 35.3 Å².